The average molecular weight is 437 g/mol. The van der Waals surface area contributed by atoms with Gasteiger partial charge in [0.15, 0.2) is 0 Å². The summed E-state index contributed by atoms with van der Waals surface area (Å²) in [5, 5.41) is 0. The first-order valence-electron chi connectivity index (χ1n) is 12.3. The van der Waals surface area contributed by atoms with E-state index < -0.39 is 0 Å². The summed E-state index contributed by atoms with van der Waals surface area (Å²) in [7, 11) is 0. The van der Waals surface area contributed by atoms with Gasteiger partial charge in [0.1, 0.15) is 17.5 Å². The summed E-state index contributed by atoms with van der Waals surface area (Å²) in [5.41, 5.74) is 2.82. The Hall–Kier alpha value is -2.34. The number of aryl methyl sites for hydroxylation is 1. The van der Waals surface area contributed by atoms with Gasteiger partial charge < -0.3 is 0 Å². The van der Waals surface area contributed by atoms with Crippen LogP contribution in [0.2, 0.25) is 0 Å². The van der Waals surface area contributed by atoms with Crippen LogP contribution in [0.5, 0.6) is 0 Å². The second-order valence-electron chi connectivity index (χ2n) is 9.62. The second kappa shape index (κ2) is 9.26. The Morgan fingerprint density at radius 3 is 2.62 bits per heavy atom. The predicted octanol–water partition coefficient (Wildman–Crippen LogP) is 5.26. The number of fused-ring (bicyclic) bond motifs is 1. The third kappa shape index (κ3) is 4.29. The minimum Gasteiger partial charge on any atom is -0.292 e. The van der Waals surface area contributed by atoms with Crippen LogP contribution in [-0.2, 0) is 17.8 Å². The van der Waals surface area contributed by atoms with Crippen molar-refractivity contribution in [3.05, 3.63) is 52.7 Å². The number of hydrogen-bond acceptors (Lipinski definition) is 4. The van der Waals surface area contributed by atoms with Crippen molar-refractivity contribution in [1.29, 1.82) is 0 Å². The zero-order valence-corrected chi connectivity index (χ0v) is 19.0. The summed E-state index contributed by atoms with van der Waals surface area (Å²) >= 11 is 0. The highest BCUT2D eigenvalue weighted by atomic mass is 19.1. The number of aromatic nitrogens is 2. The minimum atomic E-state index is -0.281. The van der Waals surface area contributed by atoms with Gasteiger partial charge in [-0.15, -0.1) is 0 Å². The highest BCUT2D eigenvalue weighted by Gasteiger charge is 2.36. The van der Waals surface area contributed by atoms with E-state index in [1.807, 2.05) is 13.0 Å². The number of nitrogens with zero attached hydrogens (tertiary/aromatic N) is 4. The molecule has 1 aromatic carbocycles. The number of anilines is 1. The van der Waals surface area contributed by atoms with Gasteiger partial charge >= 0.3 is 0 Å². The van der Waals surface area contributed by atoms with Crippen LogP contribution in [0.25, 0.3) is 0 Å². The highest BCUT2D eigenvalue weighted by Crippen LogP contribution is 2.38. The van der Waals surface area contributed by atoms with E-state index in [1.54, 1.807) is 11.0 Å². The van der Waals surface area contributed by atoms with E-state index in [1.165, 1.54) is 57.1 Å². The molecule has 1 saturated carbocycles. The van der Waals surface area contributed by atoms with Crippen molar-refractivity contribution in [2.75, 3.05) is 11.4 Å². The smallest absolute Gasteiger partial charge is 0.228 e. The molecule has 5 nitrogen and oxygen atoms in total. The maximum Gasteiger partial charge on any atom is 0.228 e. The van der Waals surface area contributed by atoms with E-state index in [0.29, 0.717) is 25.4 Å². The topological polar surface area (TPSA) is 49.3 Å². The van der Waals surface area contributed by atoms with E-state index in [2.05, 4.69) is 4.90 Å². The van der Waals surface area contributed by atoms with Crippen LogP contribution < -0.4 is 4.90 Å². The van der Waals surface area contributed by atoms with Gasteiger partial charge in [0.2, 0.25) is 5.91 Å². The number of rotatable bonds is 4. The van der Waals surface area contributed by atoms with Crippen LogP contribution in [0.4, 0.5) is 10.2 Å². The lowest BCUT2D eigenvalue weighted by Crippen LogP contribution is -2.38. The molecule has 1 atom stereocenters. The Morgan fingerprint density at radius 1 is 1.03 bits per heavy atom. The van der Waals surface area contributed by atoms with Crippen LogP contribution in [0.15, 0.2) is 24.3 Å². The third-order valence-corrected chi connectivity index (χ3v) is 7.47. The molecule has 1 unspecified atom stereocenters. The molecular weight excluding hydrogens is 403 g/mol. The van der Waals surface area contributed by atoms with Crippen molar-refractivity contribution in [2.24, 2.45) is 0 Å². The van der Waals surface area contributed by atoms with Crippen LogP contribution in [0, 0.1) is 12.7 Å². The largest absolute Gasteiger partial charge is 0.292 e. The van der Waals surface area contributed by atoms with Crippen LogP contribution in [0.3, 0.4) is 0 Å². The fourth-order valence-corrected chi connectivity index (χ4v) is 5.83. The normalized spacial score (nSPS) is 22.8. The summed E-state index contributed by atoms with van der Waals surface area (Å²) in [6, 6.07) is 7.35. The zero-order chi connectivity index (χ0) is 22.1. The number of halogens is 1. The molecule has 2 aromatic rings. The molecule has 2 aliphatic heterocycles. The van der Waals surface area contributed by atoms with Gasteiger partial charge in [-0.25, -0.2) is 14.4 Å². The van der Waals surface area contributed by atoms with Crippen molar-refractivity contribution >= 4 is 11.7 Å². The maximum atomic E-state index is 13.8. The van der Waals surface area contributed by atoms with E-state index in [4.69, 9.17) is 9.97 Å². The molecule has 3 aliphatic rings. The number of hydrogen-bond donors (Lipinski definition) is 0. The van der Waals surface area contributed by atoms with Crippen molar-refractivity contribution in [1.82, 2.24) is 14.9 Å². The molecule has 1 amide bonds. The lowest BCUT2D eigenvalue weighted by molar-refractivity contribution is -0.119. The van der Waals surface area contributed by atoms with Gasteiger partial charge in [-0.1, -0.05) is 37.8 Å². The van der Waals surface area contributed by atoms with Crippen molar-refractivity contribution in [3.63, 3.8) is 0 Å². The molecule has 32 heavy (non-hydrogen) atoms. The minimum absolute atomic E-state index is 0.0536. The monoisotopic (exact) mass is 436 g/mol. The maximum absolute atomic E-state index is 13.8. The molecule has 3 heterocycles. The Bertz CT molecular complexity index is 986. The quantitative estimate of drug-likeness (QED) is 0.613. The van der Waals surface area contributed by atoms with Gasteiger partial charge in [-0.3, -0.25) is 14.6 Å². The summed E-state index contributed by atoms with van der Waals surface area (Å²) in [6.07, 6.45) is 11.2. The summed E-state index contributed by atoms with van der Waals surface area (Å²) in [4.78, 5) is 27.3. The first-order valence-corrected chi connectivity index (χ1v) is 12.3. The molecule has 2 fully saturated rings. The van der Waals surface area contributed by atoms with Crippen molar-refractivity contribution < 1.29 is 9.18 Å². The number of benzene rings is 1. The van der Waals surface area contributed by atoms with E-state index in [9.17, 15) is 9.18 Å². The first kappa shape index (κ1) is 21.5. The van der Waals surface area contributed by atoms with Gasteiger partial charge in [0.25, 0.3) is 0 Å². The van der Waals surface area contributed by atoms with Gasteiger partial charge in [-0.2, -0.15) is 0 Å². The molecule has 0 N–H and O–H groups in total. The Labute approximate surface area is 190 Å². The third-order valence-electron chi connectivity index (χ3n) is 7.47. The predicted molar refractivity (Wildman–Crippen MR) is 123 cm³/mol. The highest BCUT2D eigenvalue weighted by molar-refractivity contribution is 5.95. The number of carbonyl (C=O) groups excluding carboxylic acids is 1. The van der Waals surface area contributed by atoms with E-state index >= 15 is 0 Å². The molecule has 6 heteroatoms. The average Bonchev–Trinajstić information content (AvgIpc) is 3.11. The van der Waals surface area contributed by atoms with Gasteiger partial charge in [0, 0.05) is 23.7 Å². The van der Waals surface area contributed by atoms with Crippen LogP contribution in [0.1, 0.15) is 86.5 Å². The fourth-order valence-electron chi connectivity index (χ4n) is 5.83. The molecule has 1 aliphatic carbocycles. The lowest BCUT2D eigenvalue weighted by Gasteiger charge is -2.34. The summed E-state index contributed by atoms with van der Waals surface area (Å²) in [6.45, 7) is 3.50. The summed E-state index contributed by atoms with van der Waals surface area (Å²) < 4.78 is 13.8. The molecule has 1 saturated heterocycles. The number of carbonyl (C=O) groups is 1. The van der Waals surface area contributed by atoms with Crippen LogP contribution >= 0.6 is 0 Å². The van der Waals surface area contributed by atoms with Crippen LogP contribution in [-0.4, -0.2) is 33.4 Å². The molecule has 0 spiro atoms. The molecular formula is C26H33FN4O. The molecule has 0 bridgehead atoms. The lowest BCUT2D eigenvalue weighted by atomic mass is 10.0. The second-order valence-corrected chi connectivity index (χ2v) is 9.62. The zero-order valence-electron chi connectivity index (χ0n) is 19.0. The standard InChI is InChI=1S/C26H33FN4O/c1-18-22-13-14-24(32)31(17-19-8-6-9-20(27)16-19)26(22)29-25(28-18)23-12-7-15-30(23)21-10-4-2-3-5-11-21/h6,8-9,16,21,23H,2-5,7,10-15,17H2,1H3. The Kier molecular flexibility index (Phi) is 6.22. The Balaban J connectivity index is 1.47. The molecule has 1 aromatic heterocycles. The number of likely N-dealkylation sites (tertiary alicyclic amines) is 1. The molecule has 170 valence electrons. The van der Waals surface area contributed by atoms with Crippen molar-refractivity contribution in [3.8, 4) is 0 Å². The van der Waals surface area contributed by atoms with Gasteiger partial charge in [0.05, 0.1) is 12.6 Å². The molecule has 0 radical (unpaired) electrons. The summed E-state index contributed by atoms with van der Waals surface area (Å²) in [5.74, 6) is 1.37. The van der Waals surface area contributed by atoms with Crippen molar-refractivity contribution in [2.45, 2.75) is 89.8 Å². The molecule has 5 rings (SSSR count). The van der Waals surface area contributed by atoms with E-state index in [0.717, 1.165) is 41.4 Å². The fraction of sp³-hybridized carbons (Fsp3) is 0.577. The SMILES string of the molecule is Cc1nc(C2CCCN2C2CCCCCC2)nc2c1CCC(=O)N2Cc1cccc(F)c1. The number of amides is 1. The van der Waals surface area contributed by atoms with Gasteiger partial charge in [-0.05, 0) is 63.3 Å². The Morgan fingerprint density at radius 2 is 1.84 bits per heavy atom. The first-order chi connectivity index (χ1) is 15.6. The van der Waals surface area contributed by atoms with E-state index in [-0.39, 0.29) is 17.8 Å².